The zero-order valence-electron chi connectivity index (χ0n) is 18.6. The smallest absolute Gasteiger partial charge is 0.222 e. The lowest BCUT2D eigenvalue weighted by atomic mass is 10.1. The van der Waals surface area contributed by atoms with Gasteiger partial charge in [0.25, 0.3) is 0 Å². The average Bonchev–Trinajstić information content (AvgIpc) is 3.08. The molecule has 0 aliphatic rings. The van der Waals surface area contributed by atoms with Crippen LogP contribution in [0.1, 0.15) is 12.5 Å². The molecule has 7 heteroatoms. The second-order valence-electron chi connectivity index (χ2n) is 7.48. The van der Waals surface area contributed by atoms with Crippen molar-refractivity contribution in [2.75, 3.05) is 33.9 Å². The second-order valence-corrected chi connectivity index (χ2v) is 7.48. The summed E-state index contributed by atoms with van der Waals surface area (Å²) >= 11 is 0. The van der Waals surface area contributed by atoms with E-state index in [4.69, 9.17) is 19.3 Å². The molecule has 1 heterocycles. The standard InChI is InChI=1S/C24H31N3O4/c1-18(28)16-27(14-15-29-3)17-22-23(19-8-6-5-7-9-19)25-26(2)24(22)31-21-12-10-20(30-4)11-13-21/h5-13,18,28H,14-17H2,1-4H3/t18-/m0/s1. The maximum Gasteiger partial charge on any atom is 0.222 e. The molecule has 1 atom stereocenters. The molecule has 0 fully saturated rings. The van der Waals surface area contributed by atoms with Crippen molar-refractivity contribution in [2.24, 2.45) is 7.05 Å². The molecule has 2 aromatic carbocycles. The normalized spacial score (nSPS) is 12.2. The number of hydrogen-bond acceptors (Lipinski definition) is 6. The summed E-state index contributed by atoms with van der Waals surface area (Å²) in [5, 5.41) is 14.8. The van der Waals surface area contributed by atoms with Crippen molar-refractivity contribution in [3.8, 4) is 28.6 Å². The molecule has 0 bridgehead atoms. The van der Waals surface area contributed by atoms with Crippen LogP contribution in [-0.2, 0) is 18.3 Å². The SMILES string of the molecule is COCCN(Cc1c(-c2ccccc2)nn(C)c1Oc1ccc(OC)cc1)C[C@H](C)O. The monoisotopic (exact) mass is 425 g/mol. The maximum absolute atomic E-state index is 10.00. The summed E-state index contributed by atoms with van der Waals surface area (Å²) in [5.74, 6) is 2.13. The molecule has 31 heavy (non-hydrogen) atoms. The quantitative estimate of drug-likeness (QED) is 0.505. The van der Waals surface area contributed by atoms with Gasteiger partial charge in [0, 0.05) is 39.4 Å². The number of benzene rings is 2. The van der Waals surface area contributed by atoms with Crippen LogP contribution in [-0.4, -0.2) is 59.8 Å². The van der Waals surface area contributed by atoms with E-state index in [0.717, 1.165) is 22.6 Å². The van der Waals surface area contributed by atoms with Gasteiger partial charge < -0.3 is 19.3 Å². The van der Waals surface area contributed by atoms with Gasteiger partial charge in [-0.15, -0.1) is 0 Å². The lowest BCUT2D eigenvalue weighted by molar-refractivity contribution is 0.0936. The molecule has 0 unspecified atom stereocenters. The van der Waals surface area contributed by atoms with E-state index in [0.29, 0.717) is 37.9 Å². The van der Waals surface area contributed by atoms with Gasteiger partial charge in [-0.05, 0) is 31.2 Å². The summed E-state index contributed by atoms with van der Waals surface area (Å²) in [5.41, 5.74) is 2.84. The van der Waals surface area contributed by atoms with E-state index in [1.54, 1.807) is 25.8 Å². The average molecular weight is 426 g/mol. The van der Waals surface area contributed by atoms with Gasteiger partial charge in [-0.1, -0.05) is 30.3 Å². The van der Waals surface area contributed by atoms with E-state index in [-0.39, 0.29) is 0 Å². The third-order valence-corrected chi connectivity index (χ3v) is 4.92. The summed E-state index contributed by atoms with van der Waals surface area (Å²) in [6.45, 7) is 4.14. The first kappa shape index (κ1) is 22.8. The lowest BCUT2D eigenvalue weighted by Crippen LogP contribution is -2.33. The Kier molecular flexibility index (Phi) is 8.06. The van der Waals surface area contributed by atoms with Crippen molar-refractivity contribution in [3.63, 3.8) is 0 Å². The highest BCUT2D eigenvalue weighted by Crippen LogP contribution is 2.34. The van der Waals surface area contributed by atoms with Gasteiger partial charge in [-0.3, -0.25) is 4.90 Å². The first-order valence-corrected chi connectivity index (χ1v) is 10.3. The fraction of sp³-hybridized carbons (Fsp3) is 0.375. The second kappa shape index (κ2) is 10.9. The van der Waals surface area contributed by atoms with Crippen molar-refractivity contribution in [1.82, 2.24) is 14.7 Å². The van der Waals surface area contributed by atoms with Gasteiger partial charge in [0.2, 0.25) is 5.88 Å². The van der Waals surface area contributed by atoms with Gasteiger partial charge in [0.1, 0.15) is 17.2 Å². The molecule has 0 saturated heterocycles. The van der Waals surface area contributed by atoms with Crippen LogP contribution in [0.25, 0.3) is 11.3 Å². The number of rotatable bonds is 11. The molecule has 0 aliphatic heterocycles. The van der Waals surface area contributed by atoms with Gasteiger partial charge in [-0.25, -0.2) is 4.68 Å². The Morgan fingerprint density at radius 3 is 2.32 bits per heavy atom. The van der Waals surface area contributed by atoms with Gasteiger partial charge in [0.15, 0.2) is 0 Å². The van der Waals surface area contributed by atoms with E-state index in [2.05, 4.69) is 4.90 Å². The van der Waals surface area contributed by atoms with E-state index in [1.165, 1.54) is 0 Å². The number of aryl methyl sites for hydroxylation is 1. The number of nitrogens with zero attached hydrogens (tertiary/aromatic N) is 3. The predicted octanol–water partition coefficient (Wildman–Crippen LogP) is 3.72. The molecule has 0 aliphatic carbocycles. The topological polar surface area (TPSA) is 69.0 Å². The van der Waals surface area contributed by atoms with Crippen LogP contribution in [0.4, 0.5) is 0 Å². The number of hydrogen-bond donors (Lipinski definition) is 1. The van der Waals surface area contributed by atoms with Crippen LogP contribution in [0.3, 0.4) is 0 Å². The zero-order chi connectivity index (χ0) is 22.2. The highest BCUT2D eigenvalue weighted by molar-refractivity contribution is 5.65. The molecule has 0 spiro atoms. The summed E-state index contributed by atoms with van der Waals surface area (Å²) in [6, 6.07) is 17.5. The Labute approximate surface area is 183 Å². The van der Waals surface area contributed by atoms with E-state index in [1.807, 2.05) is 61.6 Å². The van der Waals surface area contributed by atoms with Crippen molar-refractivity contribution in [3.05, 3.63) is 60.2 Å². The molecule has 7 nitrogen and oxygen atoms in total. The van der Waals surface area contributed by atoms with Gasteiger partial charge in [0.05, 0.1) is 25.4 Å². The number of aliphatic hydroxyl groups is 1. The Morgan fingerprint density at radius 2 is 1.71 bits per heavy atom. The van der Waals surface area contributed by atoms with Crippen molar-refractivity contribution in [2.45, 2.75) is 19.6 Å². The summed E-state index contributed by atoms with van der Waals surface area (Å²) in [6.07, 6.45) is -0.459. The fourth-order valence-corrected chi connectivity index (χ4v) is 3.46. The van der Waals surface area contributed by atoms with Crippen LogP contribution in [0.5, 0.6) is 17.4 Å². The molecule has 0 amide bonds. The minimum Gasteiger partial charge on any atom is -0.497 e. The molecular weight excluding hydrogens is 394 g/mol. The highest BCUT2D eigenvalue weighted by Gasteiger charge is 2.22. The predicted molar refractivity (Wildman–Crippen MR) is 121 cm³/mol. The summed E-state index contributed by atoms with van der Waals surface area (Å²) in [7, 11) is 5.19. The molecule has 0 radical (unpaired) electrons. The Hall–Kier alpha value is -2.87. The van der Waals surface area contributed by atoms with E-state index < -0.39 is 6.10 Å². The lowest BCUT2D eigenvalue weighted by Gasteiger charge is -2.24. The Morgan fingerprint density at radius 1 is 1.03 bits per heavy atom. The third kappa shape index (κ3) is 6.07. The molecule has 0 saturated carbocycles. The van der Waals surface area contributed by atoms with E-state index >= 15 is 0 Å². The number of aliphatic hydroxyl groups excluding tert-OH is 1. The molecule has 3 rings (SSSR count). The number of methoxy groups -OCH3 is 2. The molecular formula is C24H31N3O4. The maximum atomic E-state index is 10.00. The van der Waals surface area contributed by atoms with Gasteiger partial charge in [-0.2, -0.15) is 5.10 Å². The summed E-state index contributed by atoms with van der Waals surface area (Å²) in [4.78, 5) is 2.15. The first-order chi connectivity index (χ1) is 15.0. The van der Waals surface area contributed by atoms with Crippen LogP contribution < -0.4 is 9.47 Å². The molecule has 3 aromatic rings. The fourth-order valence-electron chi connectivity index (χ4n) is 3.46. The van der Waals surface area contributed by atoms with Crippen molar-refractivity contribution in [1.29, 1.82) is 0 Å². The zero-order valence-corrected chi connectivity index (χ0v) is 18.6. The minimum absolute atomic E-state index is 0.459. The molecule has 1 aromatic heterocycles. The van der Waals surface area contributed by atoms with E-state index in [9.17, 15) is 5.11 Å². The van der Waals surface area contributed by atoms with Crippen LogP contribution in [0, 0.1) is 0 Å². The van der Waals surface area contributed by atoms with Crippen LogP contribution >= 0.6 is 0 Å². The third-order valence-electron chi connectivity index (χ3n) is 4.92. The molecule has 1 N–H and O–H groups in total. The number of ether oxygens (including phenoxy) is 3. The Bertz CT molecular complexity index is 939. The minimum atomic E-state index is -0.459. The highest BCUT2D eigenvalue weighted by atomic mass is 16.5. The molecule has 166 valence electrons. The number of aromatic nitrogens is 2. The van der Waals surface area contributed by atoms with Crippen LogP contribution in [0.15, 0.2) is 54.6 Å². The van der Waals surface area contributed by atoms with Gasteiger partial charge >= 0.3 is 0 Å². The van der Waals surface area contributed by atoms with Crippen molar-refractivity contribution >= 4 is 0 Å². The largest absolute Gasteiger partial charge is 0.497 e. The first-order valence-electron chi connectivity index (χ1n) is 10.3. The van der Waals surface area contributed by atoms with Crippen molar-refractivity contribution < 1.29 is 19.3 Å². The summed E-state index contributed by atoms with van der Waals surface area (Å²) < 4.78 is 18.6. The Balaban J connectivity index is 1.99. The van der Waals surface area contributed by atoms with Crippen LogP contribution in [0.2, 0.25) is 0 Å².